The van der Waals surface area contributed by atoms with Crippen molar-refractivity contribution in [2.75, 3.05) is 25.4 Å². The van der Waals surface area contributed by atoms with Gasteiger partial charge in [-0.05, 0) is 66.8 Å². The molecule has 2 N–H and O–H groups in total. The van der Waals surface area contributed by atoms with Crippen molar-refractivity contribution in [3.63, 3.8) is 0 Å². The lowest BCUT2D eigenvalue weighted by Crippen LogP contribution is -2.40. The molecule has 2 aromatic carbocycles. The molecular formula is C26H31ClF3N3O3S. The number of nitrogens with zero attached hydrogens (tertiary/aromatic N) is 1. The fourth-order valence-corrected chi connectivity index (χ4v) is 5.60. The Hall–Kier alpha value is -2.43. The molecule has 1 aliphatic heterocycles. The maximum atomic E-state index is 14.0. The van der Waals surface area contributed by atoms with Crippen LogP contribution in [0.25, 0.3) is 0 Å². The van der Waals surface area contributed by atoms with Crippen LogP contribution in [0.1, 0.15) is 53.7 Å². The zero-order valence-corrected chi connectivity index (χ0v) is 22.4. The highest BCUT2D eigenvalue weighted by Crippen LogP contribution is 2.34. The average molecular weight is 558 g/mol. The Morgan fingerprint density at radius 2 is 1.89 bits per heavy atom. The summed E-state index contributed by atoms with van der Waals surface area (Å²) in [6.07, 6.45) is -2.89. The Morgan fingerprint density at radius 3 is 2.57 bits per heavy atom. The van der Waals surface area contributed by atoms with Crippen LogP contribution < -0.4 is 10.6 Å². The summed E-state index contributed by atoms with van der Waals surface area (Å²) in [6.45, 7) is 5.03. The Morgan fingerprint density at radius 1 is 1.14 bits per heavy atom. The number of carbonyl (C=O) groups is 2. The van der Waals surface area contributed by atoms with Gasteiger partial charge in [0.05, 0.1) is 16.4 Å². The van der Waals surface area contributed by atoms with Crippen molar-refractivity contribution in [2.45, 2.75) is 50.9 Å². The van der Waals surface area contributed by atoms with Crippen molar-refractivity contribution in [1.29, 1.82) is 0 Å². The van der Waals surface area contributed by atoms with Crippen molar-refractivity contribution >= 4 is 34.2 Å². The van der Waals surface area contributed by atoms with Gasteiger partial charge in [0.25, 0.3) is 5.91 Å². The summed E-state index contributed by atoms with van der Waals surface area (Å²) in [5, 5.41) is 5.81. The number of piperidine rings is 1. The number of hydrogen-bond acceptors (Lipinski definition) is 4. The second-order valence-electron chi connectivity index (χ2n) is 9.12. The summed E-state index contributed by atoms with van der Waals surface area (Å²) >= 11 is 6.05. The highest BCUT2D eigenvalue weighted by Gasteiger charge is 2.35. The number of alkyl halides is 3. The first-order valence-electron chi connectivity index (χ1n) is 12.1. The van der Waals surface area contributed by atoms with Crippen LogP contribution in [0.15, 0.2) is 41.3 Å². The van der Waals surface area contributed by atoms with E-state index in [9.17, 15) is 27.0 Å². The van der Waals surface area contributed by atoms with Crippen LogP contribution >= 0.6 is 11.6 Å². The standard InChI is InChI=1S/C26H31ClF3N3O3S/c1-3-37(36)24-9-8-22(27)11-21(24)14-32-25(35)19-6-7-20(23(12-19)26(28,29)30)16-33-10-4-5-18(15-33)13-31-17(2)34/h6-9,11-12,18H,3-5,10,13-16H2,1-2H3,(H,31,34)(H,32,35)/t18-,37?/m0/s1. The molecule has 1 fully saturated rings. The quantitative estimate of drug-likeness (QED) is 0.466. The molecule has 0 aliphatic carbocycles. The lowest BCUT2D eigenvalue weighted by Gasteiger charge is -2.33. The van der Waals surface area contributed by atoms with Gasteiger partial charge in [0, 0.05) is 54.3 Å². The van der Waals surface area contributed by atoms with Gasteiger partial charge in [-0.25, -0.2) is 0 Å². The first-order valence-corrected chi connectivity index (χ1v) is 13.8. The van der Waals surface area contributed by atoms with Crippen molar-refractivity contribution in [1.82, 2.24) is 15.5 Å². The van der Waals surface area contributed by atoms with Gasteiger partial charge in [0.1, 0.15) is 0 Å². The van der Waals surface area contributed by atoms with Crippen LogP contribution in [-0.4, -0.2) is 46.3 Å². The summed E-state index contributed by atoms with van der Waals surface area (Å²) in [5.41, 5.74) is -0.314. The molecule has 0 bridgehead atoms. The normalized spacial score (nSPS) is 17.3. The van der Waals surface area contributed by atoms with Crippen molar-refractivity contribution in [3.8, 4) is 0 Å². The Balaban J connectivity index is 1.74. The lowest BCUT2D eigenvalue weighted by atomic mass is 9.96. The largest absolute Gasteiger partial charge is 0.416 e. The van der Waals surface area contributed by atoms with Gasteiger partial charge >= 0.3 is 6.18 Å². The third kappa shape index (κ3) is 8.28. The third-order valence-corrected chi connectivity index (χ3v) is 7.93. The summed E-state index contributed by atoms with van der Waals surface area (Å²) < 4.78 is 54.2. The van der Waals surface area contributed by atoms with Crippen molar-refractivity contribution < 1.29 is 27.0 Å². The van der Waals surface area contributed by atoms with Crippen LogP contribution in [0.4, 0.5) is 13.2 Å². The number of carbonyl (C=O) groups excluding carboxylic acids is 2. The van der Waals surface area contributed by atoms with E-state index in [0.29, 0.717) is 40.9 Å². The Labute approximate surface area is 222 Å². The minimum Gasteiger partial charge on any atom is -0.356 e. The molecule has 1 heterocycles. The zero-order valence-electron chi connectivity index (χ0n) is 20.8. The second-order valence-corrected chi connectivity index (χ2v) is 11.3. The minimum atomic E-state index is -4.63. The van der Waals surface area contributed by atoms with Gasteiger partial charge in [0.15, 0.2) is 0 Å². The first kappa shape index (κ1) is 29.1. The molecule has 0 aromatic heterocycles. The first-order chi connectivity index (χ1) is 17.5. The van der Waals surface area contributed by atoms with E-state index >= 15 is 0 Å². The highest BCUT2D eigenvalue weighted by atomic mass is 35.5. The van der Waals surface area contributed by atoms with Crippen LogP contribution in [-0.2, 0) is 34.9 Å². The molecule has 2 amide bonds. The van der Waals surface area contributed by atoms with Gasteiger partial charge in [0.2, 0.25) is 5.91 Å². The molecule has 202 valence electrons. The van der Waals surface area contributed by atoms with Gasteiger partial charge in [-0.3, -0.25) is 18.7 Å². The van der Waals surface area contributed by atoms with Gasteiger partial charge < -0.3 is 10.6 Å². The fourth-order valence-electron chi connectivity index (χ4n) is 4.45. The van der Waals surface area contributed by atoms with E-state index in [-0.39, 0.29) is 36.0 Å². The van der Waals surface area contributed by atoms with Crippen LogP contribution in [0, 0.1) is 5.92 Å². The van der Waals surface area contributed by atoms with Crippen LogP contribution in [0.3, 0.4) is 0 Å². The molecule has 2 atom stereocenters. The third-order valence-electron chi connectivity index (χ3n) is 6.28. The number of halogens is 4. The average Bonchev–Trinajstić information content (AvgIpc) is 2.85. The van der Waals surface area contributed by atoms with E-state index in [1.807, 2.05) is 4.90 Å². The van der Waals surface area contributed by atoms with E-state index in [1.54, 1.807) is 25.1 Å². The molecule has 1 unspecified atom stereocenters. The second kappa shape index (κ2) is 12.9. The number of nitrogens with one attached hydrogen (secondary N) is 2. The summed E-state index contributed by atoms with van der Waals surface area (Å²) in [6, 6.07) is 8.45. The highest BCUT2D eigenvalue weighted by molar-refractivity contribution is 7.85. The molecule has 3 rings (SSSR count). The number of amides is 2. The van der Waals surface area contributed by atoms with E-state index in [2.05, 4.69) is 10.6 Å². The predicted octanol–water partition coefficient (Wildman–Crippen LogP) is 4.76. The molecule has 6 nitrogen and oxygen atoms in total. The minimum absolute atomic E-state index is 0.0208. The maximum Gasteiger partial charge on any atom is 0.416 e. The molecular weight excluding hydrogens is 527 g/mol. The van der Waals surface area contributed by atoms with Crippen LogP contribution in [0.2, 0.25) is 5.02 Å². The Bertz CT molecular complexity index is 1160. The van der Waals surface area contributed by atoms with Crippen molar-refractivity contribution in [2.24, 2.45) is 5.92 Å². The molecule has 1 aliphatic rings. The molecule has 1 saturated heterocycles. The van der Waals surface area contributed by atoms with Gasteiger partial charge in [-0.1, -0.05) is 24.6 Å². The molecule has 11 heteroatoms. The smallest absolute Gasteiger partial charge is 0.356 e. The molecule has 0 saturated carbocycles. The van der Waals surface area contributed by atoms with Crippen LogP contribution in [0.5, 0.6) is 0 Å². The number of benzene rings is 2. The SMILES string of the molecule is CCS(=O)c1ccc(Cl)cc1CNC(=O)c1ccc(CN2CCC[C@@H](CNC(C)=O)C2)c(C(F)(F)F)c1. The topological polar surface area (TPSA) is 78.5 Å². The van der Waals surface area contributed by atoms with E-state index < -0.39 is 28.4 Å². The number of likely N-dealkylation sites (tertiary alicyclic amines) is 1. The van der Waals surface area contributed by atoms with E-state index in [1.165, 1.54) is 19.1 Å². The van der Waals surface area contributed by atoms with Gasteiger partial charge in [-0.15, -0.1) is 0 Å². The number of hydrogen-bond donors (Lipinski definition) is 2. The Kier molecular flexibility index (Phi) is 10.1. The summed E-state index contributed by atoms with van der Waals surface area (Å²) in [7, 11) is -1.28. The molecule has 0 spiro atoms. The monoisotopic (exact) mass is 557 g/mol. The fraction of sp³-hybridized carbons (Fsp3) is 0.462. The van der Waals surface area contributed by atoms with Crippen molar-refractivity contribution in [3.05, 3.63) is 63.7 Å². The zero-order chi connectivity index (χ0) is 27.2. The predicted molar refractivity (Wildman–Crippen MR) is 138 cm³/mol. The molecule has 2 aromatic rings. The lowest BCUT2D eigenvalue weighted by molar-refractivity contribution is -0.138. The van der Waals surface area contributed by atoms with E-state index in [0.717, 1.165) is 18.9 Å². The maximum absolute atomic E-state index is 14.0. The number of rotatable bonds is 9. The van der Waals surface area contributed by atoms with Gasteiger partial charge in [-0.2, -0.15) is 13.2 Å². The molecule has 37 heavy (non-hydrogen) atoms. The molecule has 0 radical (unpaired) electrons. The summed E-state index contributed by atoms with van der Waals surface area (Å²) in [5.74, 6) is -0.242. The van der Waals surface area contributed by atoms with E-state index in [4.69, 9.17) is 11.6 Å². The summed E-state index contributed by atoms with van der Waals surface area (Å²) in [4.78, 5) is 26.5.